The molecule has 86 valence electrons. The zero-order chi connectivity index (χ0) is 15.8. The molecule has 4 nitrogen and oxygen atoms in total. The third-order valence-corrected chi connectivity index (χ3v) is 2.64. The summed E-state index contributed by atoms with van der Waals surface area (Å²) in [6, 6.07) is 2.45. The van der Waals surface area contributed by atoms with Crippen molar-refractivity contribution in [2.24, 2.45) is 0 Å². The van der Waals surface area contributed by atoms with Crippen LogP contribution in [0, 0.1) is 0 Å². The van der Waals surface area contributed by atoms with Crippen molar-refractivity contribution in [3.05, 3.63) is 29.8 Å². The molecule has 0 aromatic heterocycles. The van der Waals surface area contributed by atoms with Crippen molar-refractivity contribution in [3.8, 4) is 0 Å². The molecule has 1 heterocycles. The van der Waals surface area contributed by atoms with Crippen LogP contribution in [0.5, 0.6) is 0 Å². The zero-order valence-corrected chi connectivity index (χ0v) is 8.79. The number of anilines is 1. The second kappa shape index (κ2) is 4.53. The average Bonchev–Trinajstić information content (AvgIpc) is 2.43. The fourth-order valence-corrected chi connectivity index (χ4v) is 1.87. The van der Waals surface area contributed by atoms with Gasteiger partial charge in [-0.05, 0) is 17.6 Å². The summed E-state index contributed by atoms with van der Waals surface area (Å²) in [5, 5.41) is 3.08. The van der Waals surface area contributed by atoms with Crippen molar-refractivity contribution in [3.63, 3.8) is 0 Å². The summed E-state index contributed by atoms with van der Waals surface area (Å²) < 4.78 is 37.4. The van der Waals surface area contributed by atoms with E-state index in [9.17, 15) is 4.79 Å². The first kappa shape index (κ1) is 6.25. The van der Waals surface area contributed by atoms with Gasteiger partial charge in [0.1, 0.15) is 0 Å². The van der Waals surface area contributed by atoms with Crippen LogP contribution in [0.4, 0.5) is 5.69 Å². The summed E-state index contributed by atoms with van der Waals surface area (Å²) in [6.45, 7) is -1.61. The maximum Gasteiger partial charge on any atom is 0.220 e. The van der Waals surface area contributed by atoms with E-state index in [0.717, 1.165) is 0 Å². The number of piperazine rings is 1. The summed E-state index contributed by atoms with van der Waals surface area (Å²) in [4.78, 5) is 13.3. The Kier molecular flexibility index (Phi) is 1.77. The van der Waals surface area contributed by atoms with Crippen LogP contribution in [0.15, 0.2) is 24.2 Å². The molecule has 1 saturated heterocycles. The summed E-state index contributed by atoms with van der Waals surface area (Å²) in [5.41, 5.74) is 6.17. The molecule has 1 aromatic carbocycles. The Bertz CT molecular complexity index is 561. The van der Waals surface area contributed by atoms with E-state index in [4.69, 9.17) is 12.6 Å². The van der Waals surface area contributed by atoms with Gasteiger partial charge < -0.3 is 16.0 Å². The lowest BCUT2D eigenvalue weighted by Gasteiger charge is -2.36. The van der Waals surface area contributed by atoms with E-state index in [0.29, 0.717) is 18.7 Å². The molecular formula is C12H17N3O. The highest BCUT2D eigenvalue weighted by atomic mass is 16.2. The number of nitrogens with one attached hydrogen (secondary N) is 1. The number of nitrogen functional groups attached to an aromatic ring is 1. The number of nitrogens with two attached hydrogens (primary N) is 1. The molecule has 0 aliphatic carbocycles. The highest BCUT2D eigenvalue weighted by molar-refractivity contribution is 5.74. The number of carbonyl (C=O) groups excluding carboxylic acids is 1. The van der Waals surface area contributed by atoms with Crippen molar-refractivity contribution in [2.75, 3.05) is 25.4 Å². The number of amides is 1. The van der Waals surface area contributed by atoms with Gasteiger partial charge in [-0.25, -0.2) is 0 Å². The SMILES string of the molecule is [2H]c1ccc(C2CNCCN2C(=O)C([2H])([2H])[2H])c([2H])c1N. The highest BCUT2D eigenvalue weighted by Gasteiger charge is 2.25. The molecule has 1 amide bonds. The Labute approximate surface area is 102 Å². The van der Waals surface area contributed by atoms with E-state index in [1.54, 1.807) is 6.07 Å². The van der Waals surface area contributed by atoms with E-state index in [1.807, 2.05) is 0 Å². The first-order valence-electron chi connectivity index (χ1n) is 7.61. The first-order valence-corrected chi connectivity index (χ1v) is 5.11. The molecule has 0 saturated carbocycles. The Morgan fingerprint density at radius 1 is 1.81 bits per heavy atom. The van der Waals surface area contributed by atoms with E-state index >= 15 is 0 Å². The Morgan fingerprint density at radius 3 is 3.50 bits per heavy atom. The van der Waals surface area contributed by atoms with Crippen molar-refractivity contribution in [2.45, 2.75) is 12.9 Å². The molecule has 1 aromatic rings. The predicted octanol–water partition coefficient (Wildman–Crippen LogP) is 0.762. The van der Waals surface area contributed by atoms with Gasteiger partial charge in [-0.15, -0.1) is 0 Å². The summed E-state index contributed by atoms with van der Waals surface area (Å²) in [5.74, 6) is -0.929. The Balaban J connectivity index is 2.40. The second-order valence-corrected chi connectivity index (χ2v) is 3.69. The molecule has 1 aliphatic heterocycles. The molecule has 0 radical (unpaired) electrons. The largest absolute Gasteiger partial charge is 0.399 e. The third-order valence-electron chi connectivity index (χ3n) is 2.64. The van der Waals surface area contributed by atoms with Crippen LogP contribution in [-0.2, 0) is 4.79 Å². The zero-order valence-electron chi connectivity index (χ0n) is 13.8. The fourth-order valence-electron chi connectivity index (χ4n) is 1.87. The van der Waals surface area contributed by atoms with Gasteiger partial charge in [-0.2, -0.15) is 0 Å². The van der Waals surface area contributed by atoms with Gasteiger partial charge in [-0.1, -0.05) is 12.1 Å². The van der Waals surface area contributed by atoms with Crippen LogP contribution in [0.25, 0.3) is 0 Å². The predicted molar refractivity (Wildman–Crippen MR) is 63.9 cm³/mol. The minimum atomic E-state index is -2.71. The van der Waals surface area contributed by atoms with Crippen LogP contribution in [0.1, 0.15) is 25.3 Å². The normalized spacial score (nSPS) is 26.1. The van der Waals surface area contributed by atoms with E-state index in [-0.39, 0.29) is 24.3 Å². The summed E-state index contributed by atoms with van der Waals surface area (Å²) in [6.07, 6.45) is 0. The molecule has 1 atom stereocenters. The molecule has 1 aliphatic rings. The van der Waals surface area contributed by atoms with Crippen LogP contribution in [0.3, 0.4) is 0 Å². The summed E-state index contributed by atoms with van der Waals surface area (Å²) in [7, 11) is 0. The molecule has 1 fully saturated rings. The van der Waals surface area contributed by atoms with Gasteiger partial charge in [0.25, 0.3) is 0 Å². The van der Waals surface area contributed by atoms with Crippen LogP contribution < -0.4 is 11.1 Å². The molecule has 2 rings (SSSR count). The average molecular weight is 224 g/mol. The number of carbonyl (C=O) groups is 1. The monoisotopic (exact) mass is 224 g/mol. The first-order chi connectivity index (χ1) is 9.73. The third kappa shape index (κ3) is 2.17. The fraction of sp³-hybridized carbons (Fsp3) is 0.417. The molecule has 3 N–H and O–H groups in total. The van der Waals surface area contributed by atoms with Gasteiger partial charge >= 0.3 is 0 Å². The minimum absolute atomic E-state index is 0.0272. The van der Waals surface area contributed by atoms with Crippen molar-refractivity contribution < 1.29 is 11.6 Å². The molecule has 16 heavy (non-hydrogen) atoms. The smallest absolute Gasteiger partial charge is 0.220 e. The van der Waals surface area contributed by atoms with Gasteiger partial charge in [0.2, 0.25) is 5.91 Å². The van der Waals surface area contributed by atoms with Crippen molar-refractivity contribution >= 4 is 11.6 Å². The molecule has 0 spiro atoms. The van der Waals surface area contributed by atoms with Gasteiger partial charge in [0.15, 0.2) is 0 Å². The topological polar surface area (TPSA) is 58.4 Å². The molecular weight excluding hydrogens is 202 g/mol. The second-order valence-electron chi connectivity index (χ2n) is 3.69. The van der Waals surface area contributed by atoms with Crippen LogP contribution in [0.2, 0.25) is 0 Å². The summed E-state index contributed by atoms with van der Waals surface area (Å²) >= 11 is 0. The quantitative estimate of drug-likeness (QED) is 0.692. The number of nitrogens with zero attached hydrogens (tertiary/aromatic N) is 1. The Hall–Kier alpha value is -1.55. The van der Waals surface area contributed by atoms with Gasteiger partial charge in [0, 0.05) is 36.3 Å². The maximum absolute atomic E-state index is 12.1. The van der Waals surface area contributed by atoms with Crippen LogP contribution >= 0.6 is 0 Å². The van der Waals surface area contributed by atoms with E-state index in [1.165, 1.54) is 11.0 Å². The van der Waals surface area contributed by atoms with E-state index in [2.05, 4.69) is 5.32 Å². The molecule has 4 heteroatoms. The van der Waals surface area contributed by atoms with Gasteiger partial charge in [-0.3, -0.25) is 4.79 Å². The Morgan fingerprint density at radius 2 is 2.69 bits per heavy atom. The lowest BCUT2D eigenvalue weighted by molar-refractivity contribution is -0.132. The maximum atomic E-state index is 12.1. The standard InChI is InChI=1S/C12H17N3O/c1-9(16)15-6-5-14-8-12(15)10-3-2-4-11(13)7-10/h2-4,7,12,14H,5-6,8,13H2,1H3/i1D3,4D,7D. The molecule has 0 bridgehead atoms. The highest BCUT2D eigenvalue weighted by Crippen LogP contribution is 2.23. The number of hydrogen-bond donors (Lipinski definition) is 2. The van der Waals surface area contributed by atoms with Crippen LogP contribution in [-0.4, -0.2) is 30.4 Å². The van der Waals surface area contributed by atoms with E-state index < -0.39 is 18.8 Å². The lowest BCUT2D eigenvalue weighted by atomic mass is 10.0. The van der Waals surface area contributed by atoms with Gasteiger partial charge in [0.05, 0.1) is 8.78 Å². The van der Waals surface area contributed by atoms with Crippen molar-refractivity contribution in [1.29, 1.82) is 0 Å². The number of benzene rings is 1. The lowest BCUT2D eigenvalue weighted by Crippen LogP contribution is -2.47. The molecule has 1 unspecified atom stereocenters. The number of hydrogen-bond acceptors (Lipinski definition) is 3. The number of rotatable bonds is 1. The van der Waals surface area contributed by atoms with Crippen molar-refractivity contribution in [1.82, 2.24) is 10.2 Å². The minimum Gasteiger partial charge on any atom is -0.399 e.